The van der Waals surface area contributed by atoms with Gasteiger partial charge in [0, 0.05) is 31.8 Å². The fraction of sp³-hybridized carbons (Fsp3) is 0.444. The molecule has 35 heavy (non-hydrogen) atoms. The number of fused-ring (bicyclic) bond motifs is 3. The maximum Gasteiger partial charge on any atom is 0.407 e. The van der Waals surface area contributed by atoms with Crippen molar-refractivity contribution in [1.29, 1.82) is 0 Å². The van der Waals surface area contributed by atoms with Crippen molar-refractivity contribution in [2.45, 2.75) is 44.8 Å². The minimum atomic E-state index is -1.12. The highest BCUT2D eigenvalue weighted by Crippen LogP contribution is 2.44. The molecule has 0 aromatic heterocycles. The molecule has 0 radical (unpaired) electrons. The Bertz CT molecular complexity index is 1060. The number of amides is 2. The summed E-state index contributed by atoms with van der Waals surface area (Å²) < 4.78 is 5.58. The molecule has 8 nitrogen and oxygen atoms in total. The molecule has 2 aromatic rings. The van der Waals surface area contributed by atoms with Gasteiger partial charge in [-0.2, -0.15) is 0 Å². The van der Waals surface area contributed by atoms with E-state index in [1.807, 2.05) is 38.1 Å². The van der Waals surface area contributed by atoms with Gasteiger partial charge in [0.1, 0.15) is 12.6 Å². The van der Waals surface area contributed by atoms with Crippen molar-refractivity contribution in [3.05, 3.63) is 59.7 Å². The van der Waals surface area contributed by atoms with Crippen LogP contribution in [-0.2, 0) is 14.3 Å². The second-order valence-electron chi connectivity index (χ2n) is 9.70. The average Bonchev–Trinajstić information content (AvgIpc) is 3.38. The van der Waals surface area contributed by atoms with Crippen molar-refractivity contribution in [3.63, 3.8) is 0 Å². The Morgan fingerprint density at radius 3 is 2.23 bits per heavy atom. The molecule has 8 heteroatoms. The molecule has 3 unspecified atom stereocenters. The van der Waals surface area contributed by atoms with Crippen LogP contribution in [0.3, 0.4) is 0 Å². The van der Waals surface area contributed by atoms with Crippen LogP contribution in [-0.4, -0.2) is 64.9 Å². The highest BCUT2D eigenvalue weighted by atomic mass is 16.5. The van der Waals surface area contributed by atoms with Crippen LogP contribution in [0.4, 0.5) is 4.79 Å². The van der Waals surface area contributed by atoms with Crippen molar-refractivity contribution in [3.8, 4) is 11.1 Å². The number of carboxylic acid groups (broad SMARTS) is 1. The number of β-amino-alcohol motifs (C(OH)–C–C–N with tert-alkyl or cyclic N) is 1. The van der Waals surface area contributed by atoms with Gasteiger partial charge in [0.25, 0.3) is 0 Å². The van der Waals surface area contributed by atoms with Gasteiger partial charge >= 0.3 is 12.1 Å². The van der Waals surface area contributed by atoms with Crippen LogP contribution >= 0.6 is 0 Å². The molecule has 4 rings (SSSR count). The largest absolute Gasteiger partial charge is 0.480 e. The second kappa shape index (κ2) is 10.5. The molecule has 1 aliphatic carbocycles. The third-order valence-corrected chi connectivity index (χ3v) is 7.12. The van der Waals surface area contributed by atoms with Crippen LogP contribution < -0.4 is 5.32 Å². The highest BCUT2D eigenvalue weighted by molar-refractivity contribution is 5.84. The highest BCUT2D eigenvalue weighted by Gasteiger charge is 2.39. The maximum atomic E-state index is 12.8. The molecule has 186 valence electrons. The lowest BCUT2D eigenvalue weighted by atomic mass is 9.91. The molecule has 2 aromatic carbocycles. The third kappa shape index (κ3) is 5.32. The number of carboxylic acids is 1. The number of likely N-dealkylation sites (tertiary alicyclic amines) is 1. The van der Waals surface area contributed by atoms with Gasteiger partial charge in [-0.15, -0.1) is 0 Å². The number of alkyl carbamates (subject to hydrolysis) is 1. The number of carbonyl (C=O) groups is 3. The summed E-state index contributed by atoms with van der Waals surface area (Å²) in [5, 5.41) is 22.0. The molecule has 1 saturated heterocycles. The van der Waals surface area contributed by atoms with E-state index in [4.69, 9.17) is 4.74 Å². The fourth-order valence-electron chi connectivity index (χ4n) is 5.07. The SMILES string of the molecule is CC(C)C(CNC(=O)OCC1c2ccccc2-c2ccccc21)CC(=O)N1CC(O)CC1C(=O)O. The first-order chi connectivity index (χ1) is 16.8. The van der Waals surface area contributed by atoms with Crippen LogP contribution in [0.2, 0.25) is 0 Å². The van der Waals surface area contributed by atoms with Crippen LogP contribution in [0.5, 0.6) is 0 Å². The number of aliphatic hydroxyl groups is 1. The molecule has 0 saturated carbocycles. The summed E-state index contributed by atoms with van der Waals surface area (Å²) in [6, 6.07) is 15.2. The summed E-state index contributed by atoms with van der Waals surface area (Å²) in [5.41, 5.74) is 4.57. The monoisotopic (exact) mass is 480 g/mol. The lowest BCUT2D eigenvalue weighted by molar-refractivity contribution is -0.148. The number of nitrogens with one attached hydrogen (secondary N) is 1. The van der Waals surface area contributed by atoms with Crippen molar-refractivity contribution in [2.75, 3.05) is 19.7 Å². The lowest BCUT2D eigenvalue weighted by Gasteiger charge is -2.26. The number of nitrogens with zero attached hydrogens (tertiary/aromatic N) is 1. The van der Waals surface area contributed by atoms with Crippen LogP contribution in [0.15, 0.2) is 48.5 Å². The van der Waals surface area contributed by atoms with Crippen LogP contribution in [0.1, 0.15) is 43.7 Å². The van der Waals surface area contributed by atoms with E-state index in [1.54, 1.807) is 0 Å². The first-order valence-corrected chi connectivity index (χ1v) is 12.1. The second-order valence-corrected chi connectivity index (χ2v) is 9.70. The predicted octanol–water partition coefficient (Wildman–Crippen LogP) is 3.23. The number of aliphatic hydroxyl groups excluding tert-OH is 1. The van der Waals surface area contributed by atoms with E-state index in [2.05, 4.69) is 29.6 Å². The topological polar surface area (TPSA) is 116 Å². The van der Waals surface area contributed by atoms with Gasteiger partial charge in [0.05, 0.1) is 6.10 Å². The number of aliphatic carboxylic acids is 1. The maximum absolute atomic E-state index is 12.8. The molecule has 3 atom stereocenters. The summed E-state index contributed by atoms with van der Waals surface area (Å²) in [6.45, 7) is 4.35. The molecule has 2 aliphatic rings. The minimum absolute atomic E-state index is 0.0143. The normalized spacial score (nSPS) is 19.8. The first-order valence-electron chi connectivity index (χ1n) is 12.1. The summed E-state index contributed by atoms with van der Waals surface area (Å²) in [5.74, 6) is -1.61. The number of ether oxygens (including phenoxy) is 1. The van der Waals surface area contributed by atoms with E-state index in [9.17, 15) is 24.6 Å². The molecule has 2 amide bonds. The van der Waals surface area contributed by atoms with Gasteiger partial charge < -0.3 is 25.2 Å². The fourth-order valence-corrected chi connectivity index (χ4v) is 5.07. The van der Waals surface area contributed by atoms with E-state index in [0.29, 0.717) is 0 Å². The molecule has 0 spiro atoms. The van der Waals surface area contributed by atoms with E-state index in [1.165, 1.54) is 4.90 Å². The Kier molecular flexibility index (Phi) is 7.40. The third-order valence-electron chi connectivity index (χ3n) is 7.12. The van der Waals surface area contributed by atoms with Gasteiger partial charge in [0.2, 0.25) is 5.91 Å². The lowest BCUT2D eigenvalue weighted by Crippen LogP contribution is -2.43. The summed E-state index contributed by atoms with van der Waals surface area (Å²) in [6.07, 6.45) is -1.27. The zero-order chi connectivity index (χ0) is 25.1. The van der Waals surface area contributed by atoms with E-state index in [-0.39, 0.29) is 56.2 Å². The summed E-state index contributed by atoms with van der Waals surface area (Å²) >= 11 is 0. The van der Waals surface area contributed by atoms with Crippen LogP contribution in [0, 0.1) is 11.8 Å². The quantitative estimate of drug-likeness (QED) is 0.534. The standard InChI is InChI=1S/C27H32N2O6/c1-16(2)17(11-25(31)29-14-18(30)12-24(29)26(32)33)13-28-27(34)35-15-23-21-9-5-3-7-19(21)20-8-4-6-10-22(20)23/h3-10,16-18,23-24,30H,11-15H2,1-2H3,(H,28,34)(H,32,33). The molecule has 1 heterocycles. The van der Waals surface area contributed by atoms with Crippen LogP contribution in [0.25, 0.3) is 11.1 Å². The van der Waals surface area contributed by atoms with Crippen molar-refractivity contribution >= 4 is 18.0 Å². The summed E-state index contributed by atoms with van der Waals surface area (Å²) in [7, 11) is 0. The van der Waals surface area contributed by atoms with E-state index >= 15 is 0 Å². The molecular formula is C27H32N2O6. The Morgan fingerprint density at radius 2 is 1.66 bits per heavy atom. The van der Waals surface area contributed by atoms with Gasteiger partial charge in [-0.1, -0.05) is 62.4 Å². The van der Waals surface area contributed by atoms with Gasteiger partial charge in [-0.05, 0) is 34.1 Å². The zero-order valence-electron chi connectivity index (χ0n) is 20.0. The Hall–Kier alpha value is -3.39. The first kappa shape index (κ1) is 24.7. The van der Waals surface area contributed by atoms with Crippen molar-refractivity contribution in [1.82, 2.24) is 10.2 Å². The molecule has 1 fully saturated rings. The van der Waals surface area contributed by atoms with E-state index in [0.717, 1.165) is 22.3 Å². The van der Waals surface area contributed by atoms with Gasteiger partial charge in [-0.3, -0.25) is 4.79 Å². The minimum Gasteiger partial charge on any atom is -0.480 e. The number of carbonyl (C=O) groups excluding carboxylic acids is 2. The Labute approximate surface area is 204 Å². The molecule has 0 bridgehead atoms. The Balaban J connectivity index is 1.33. The average molecular weight is 481 g/mol. The molecule has 3 N–H and O–H groups in total. The number of benzene rings is 2. The zero-order valence-corrected chi connectivity index (χ0v) is 20.0. The molecular weight excluding hydrogens is 448 g/mol. The number of rotatable bonds is 8. The van der Waals surface area contributed by atoms with Gasteiger partial charge in [-0.25, -0.2) is 9.59 Å². The van der Waals surface area contributed by atoms with E-state index < -0.39 is 24.2 Å². The summed E-state index contributed by atoms with van der Waals surface area (Å²) in [4.78, 5) is 38.0. The van der Waals surface area contributed by atoms with Gasteiger partial charge in [0.15, 0.2) is 0 Å². The number of hydrogen-bond acceptors (Lipinski definition) is 5. The van der Waals surface area contributed by atoms with Crippen molar-refractivity contribution in [2.24, 2.45) is 11.8 Å². The smallest absolute Gasteiger partial charge is 0.407 e. The van der Waals surface area contributed by atoms with Crippen molar-refractivity contribution < 1.29 is 29.3 Å². The number of hydrogen-bond donors (Lipinski definition) is 3. The predicted molar refractivity (Wildman–Crippen MR) is 130 cm³/mol. The Morgan fingerprint density at radius 1 is 1.06 bits per heavy atom. The molecule has 1 aliphatic heterocycles.